The van der Waals surface area contributed by atoms with Crippen LogP contribution in [0.5, 0.6) is 0 Å². The van der Waals surface area contributed by atoms with Gasteiger partial charge in [0, 0.05) is 30.8 Å². The van der Waals surface area contributed by atoms with Crippen molar-refractivity contribution >= 4 is 11.0 Å². The highest BCUT2D eigenvalue weighted by Gasteiger charge is 2.19. The summed E-state index contributed by atoms with van der Waals surface area (Å²) in [4.78, 5) is 15.4. The maximum atomic E-state index is 12.8. The quantitative estimate of drug-likeness (QED) is 0.413. The first-order valence-electron chi connectivity index (χ1n) is 12.2. The Hall–Kier alpha value is -3.12. The molecular weight excluding hydrogens is 410 g/mol. The van der Waals surface area contributed by atoms with Gasteiger partial charge in [0.2, 0.25) is 0 Å². The molecule has 2 aromatic heterocycles. The van der Waals surface area contributed by atoms with Gasteiger partial charge in [-0.15, -0.1) is 0 Å². The number of imidazole rings is 1. The highest BCUT2D eigenvalue weighted by molar-refractivity contribution is 5.87. The average Bonchev–Trinajstić information content (AvgIpc) is 3.54. The zero-order chi connectivity index (χ0) is 22.9. The largest absolute Gasteiger partial charge is 0.329 e. The van der Waals surface area contributed by atoms with Crippen molar-refractivity contribution in [2.24, 2.45) is 0 Å². The van der Waals surface area contributed by atoms with Crippen LogP contribution in [0.1, 0.15) is 32.3 Å². The minimum Gasteiger partial charge on any atom is -0.301 e. The molecule has 0 aliphatic carbocycles. The fourth-order valence-corrected chi connectivity index (χ4v) is 5.20. The molecule has 6 heteroatoms. The second-order valence-corrected chi connectivity index (χ2v) is 9.02. The van der Waals surface area contributed by atoms with Crippen LogP contribution >= 0.6 is 0 Å². The fourth-order valence-electron chi connectivity index (χ4n) is 5.20. The van der Waals surface area contributed by atoms with Crippen LogP contribution in [0.15, 0.2) is 53.5 Å². The molecule has 4 aromatic rings. The molecule has 1 saturated heterocycles. The molecule has 1 fully saturated rings. The Morgan fingerprint density at radius 2 is 1.64 bits per heavy atom. The summed E-state index contributed by atoms with van der Waals surface area (Å²) in [6, 6.07) is 15.0. The van der Waals surface area contributed by atoms with Crippen molar-refractivity contribution in [3.63, 3.8) is 0 Å². The van der Waals surface area contributed by atoms with Gasteiger partial charge < -0.3 is 4.90 Å². The number of aromatic nitrogens is 4. The van der Waals surface area contributed by atoms with E-state index in [0.29, 0.717) is 13.1 Å². The molecule has 0 N–H and O–H groups in total. The van der Waals surface area contributed by atoms with E-state index in [1.54, 1.807) is 0 Å². The standard InChI is InChI=1S/C27H33N5O/c1-4-30-24-12-11-21(18-25(24)31(5-2)27(30)33)23-19-28-32(16-15-29-13-6-7-14-29)26(23)22-10-8-9-20(3)17-22/h8-12,17-19H,4-7,13-16H2,1-3H3. The number of hydrogen-bond acceptors (Lipinski definition) is 3. The minimum absolute atomic E-state index is 0.0624. The molecule has 33 heavy (non-hydrogen) atoms. The van der Waals surface area contributed by atoms with E-state index in [-0.39, 0.29) is 5.69 Å². The second kappa shape index (κ2) is 9.02. The van der Waals surface area contributed by atoms with Crippen LogP contribution in [0.2, 0.25) is 0 Å². The SMILES string of the molecule is CCn1c(=O)n(CC)c2cc(-c3cnn(CCN4CCCC4)c3-c3cccc(C)c3)ccc21. The van der Waals surface area contributed by atoms with Gasteiger partial charge in [0.1, 0.15) is 0 Å². The Labute approximate surface area is 195 Å². The van der Waals surface area contributed by atoms with Crippen molar-refractivity contribution < 1.29 is 0 Å². The first kappa shape index (κ1) is 21.7. The van der Waals surface area contributed by atoms with Crippen molar-refractivity contribution in [2.45, 2.75) is 53.2 Å². The monoisotopic (exact) mass is 443 g/mol. The number of benzene rings is 2. The lowest BCUT2D eigenvalue weighted by molar-refractivity contribution is 0.316. The molecule has 0 amide bonds. The molecule has 1 aliphatic rings. The Morgan fingerprint density at radius 1 is 0.879 bits per heavy atom. The van der Waals surface area contributed by atoms with E-state index in [4.69, 9.17) is 5.10 Å². The number of rotatable bonds is 7. The topological polar surface area (TPSA) is 48.0 Å². The first-order chi connectivity index (χ1) is 16.1. The Balaban J connectivity index is 1.63. The number of fused-ring (bicyclic) bond motifs is 1. The summed E-state index contributed by atoms with van der Waals surface area (Å²) in [6.07, 6.45) is 4.59. The van der Waals surface area contributed by atoms with Gasteiger partial charge in [0.15, 0.2) is 0 Å². The molecule has 1 aliphatic heterocycles. The van der Waals surface area contributed by atoms with E-state index in [9.17, 15) is 4.79 Å². The van der Waals surface area contributed by atoms with Crippen LogP contribution < -0.4 is 5.69 Å². The molecule has 0 atom stereocenters. The zero-order valence-electron chi connectivity index (χ0n) is 19.9. The Bertz CT molecular complexity index is 1340. The number of nitrogens with zero attached hydrogens (tertiary/aromatic N) is 5. The summed E-state index contributed by atoms with van der Waals surface area (Å²) in [6.45, 7) is 11.8. The highest BCUT2D eigenvalue weighted by Crippen LogP contribution is 2.34. The van der Waals surface area contributed by atoms with Gasteiger partial charge in [0.25, 0.3) is 0 Å². The van der Waals surface area contributed by atoms with Crippen LogP contribution in [0, 0.1) is 6.92 Å². The lowest BCUT2D eigenvalue weighted by atomic mass is 10.00. The molecule has 6 nitrogen and oxygen atoms in total. The predicted octanol–water partition coefficient (Wildman–Crippen LogP) is 4.78. The summed E-state index contributed by atoms with van der Waals surface area (Å²) in [5, 5.41) is 4.84. The third-order valence-corrected chi connectivity index (χ3v) is 6.92. The maximum Gasteiger partial charge on any atom is 0.329 e. The van der Waals surface area contributed by atoms with Crippen LogP contribution in [0.25, 0.3) is 33.4 Å². The van der Waals surface area contributed by atoms with Gasteiger partial charge >= 0.3 is 5.69 Å². The van der Waals surface area contributed by atoms with Crippen molar-refractivity contribution in [1.82, 2.24) is 23.8 Å². The van der Waals surface area contributed by atoms with Crippen molar-refractivity contribution in [1.29, 1.82) is 0 Å². The van der Waals surface area contributed by atoms with Crippen molar-refractivity contribution in [3.8, 4) is 22.4 Å². The highest BCUT2D eigenvalue weighted by atomic mass is 16.1. The summed E-state index contributed by atoms with van der Waals surface area (Å²) >= 11 is 0. The second-order valence-electron chi connectivity index (χ2n) is 9.02. The summed E-state index contributed by atoms with van der Waals surface area (Å²) < 4.78 is 5.88. The summed E-state index contributed by atoms with van der Waals surface area (Å²) in [5.74, 6) is 0. The summed E-state index contributed by atoms with van der Waals surface area (Å²) in [5.41, 5.74) is 7.83. The van der Waals surface area contributed by atoms with Gasteiger partial charge in [-0.3, -0.25) is 13.8 Å². The van der Waals surface area contributed by atoms with E-state index in [1.165, 1.54) is 37.1 Å². The Kier molecular flexibility index (Phi) is 5.94. The number of hydrogen-bond donors (Lipinski definition) is 0. The molecule has 0 saturated carbocycles. The normalized spacial score (nSPS) is 14.5. The molecule has 0 unspecified atom stereocenters. The lowest BCUT2D eigenvalue weighted by Crippen LogP contribution is -2.24. The van der Waals surface area contributed by atoms with Crippen LogP contribution in [-0.4, -0.2) is 43.4 Å². The van der Waals surface area contributed by atoms with Gasteiger partial charge in [0.05, 0.1) is 29.5 Å². The first-order valence-corrected chi connectivity index (χ1v) is 12.2. The smallest absolute Gasteiger partial charge is 0.301 e. The van der Waals surface area contributed by atoms with E-state index in [2.05, 4.69) is 59.0 Å². The van der Waals surface area contributed by atoms with Crippen LogP contribution in [-0.2, 0) is 19.6 Å². The van der Waals surface area contributed by atoms with Gasteiger partial charge in [-0.05, 0) is 70.5 Å². The van der Waals surface area contributed by atoms with E-state index < -0.39 is 0 Å². The van der Waals surface area contributed by atoms with Crippen molar-refractivity contribution in [3.05, 3.63) is 64.7 Å². The zero-order valence-corrected chi connectivity index (χ0v) is 19.9. The third kappa shape index (κ3) is 3.93. The molecule has 3 heterocycles. The molecule has 172 valence electrons. The molecule has 0 bridgehead atoms. The van der Waals surface area contributed by atoms with Gasteiger partial charge in [-0.1, -0.05) is 29.8 Å². The van der Waals surface area contributed by atoms with Crippen molar-refractivity contribution in [2.75, 3.05) is 19.6 Å². The number of likely N-dealkylation sites (tertiary alicyclic amines) is 1. The molecule has 2 aromatic carbocycles. The minimum atomic E-state index is 0.0624. The summed E-state index contributed by atoms with van der Waals surface area (Å²) in [7, 11) is 0. The van der Waals surface area contributed by atoms with Gasteiger partial charge in [-0.25, -0.2) is 4.79 Å². The number of aryl methyl sites for hydroxylation is 3. The lowest BCUT2D eigenvalue weighted by Gasteiger charge is -2.16. The van der Waals surface area contributed by atoms with Gasteiger partial charge in [-0.2, -0.15) is 5.10 Å². The van der Waals surface area contributed by atoms with E-state index in [0.717, 1.165) is 40.9 Å². The van der Waals surface area contributed by atoms with E-state index in [1.807, 2.05) is 29.2 Å². The fraction of sp³-hybridized carbons (Fsp3) is 0.407. The Morgan fingerprint density at radius 3 is 2.36 bits per heavy atom. The van der Waals surface area contributed by atoms with E-state index >= 15 is 0 Å². The predicted molar refractivity (Wildman–Crippen MR) is 135 cm³/mol. The molecule has 5 rings (SSSR count). The molecule has 0 radical (unpaired) electrons. The van der Waals surface area contributed by atoms with Crippen LogP contribution in [0.3, 0.4) is 0 Å². The third-order valence-electron chi connectivity index (χ3n) is 6.92. The molecule has 0 spiro atoms. The maximum absolute atomic E-state index is 12.8. The average molecular weight is 444 g/mol. The van der Waals surface area contributed by atoms with Crippen LogP contribution in [0.4, 0.5) is 0 Å². The molecular formula is C27H33N5O.